The summed E-state index contributed by atoms with van der Waals surface area (Å²) in [7, 11) is 0. The minimum absolute atomic E-state index is 0.0955. The van der Waals surface area contributed by atoms with Crippen LogP contribution in [0.15, 0.2) is 0 Å². The second-order valence-electron chi connectivity index (χ2n) is 1.20. The van der Waals surface area contributed by atoms with E-state index in [9.17, 15) is 0 Å². The number of nitrogens with zero attached hydrogens (tertiary/aromatic N) is 1. The molecule has 0 aliphatic heterocycles. The van der Waals surface area contributed by atoms with Crippen LogP contribution in [0.1, 0.15) is 0 Å². The zero-order valence-corrected chi connectivity index (χ0v) is 8.70. The molecule has 0 radical (unpaired) electrons. The third-order valence-electron chi connectivity index (χ3n) is 0.588. The van der Waals surface area contributed by atoms with Crippen molar-refractivity contribution in [3.63, 3.8) is 0 Å². The maximum Gasteiger partial charge on any atom is 0.115 e. The van der Waals surface area contributed by atoms with Crippen LogP contribution in [0.2, 0.25) is 0 Å². The molecule has 0 amide bonds. The first-order valence-corrected chi connectivity index (χ1v) is 4.91. The van der Waals surface area contributed by atoms with Gasteiger partial charge in [0.05, 0.1) is 6.07 Å². The molecule has 0 aliphatic rings. The summed E-state index contributed by atoms with van der Waals surface area (Å²) in [6.45, 7) is 0. The molecule has 1 nitrogen and oxygen atoms in total. The first-order chi connectivity index (χ1) is 3.72. The van der Waals surface area contributed by atoms with Crippen LogP contribution in [0.5, 0.6) is 0 Å². The number of rotatable bonds is 2. The van der Waals surface area contributed by atoms with E-state index in [-0.39, 0.29) is 9.65 Å². The Labute approximate surface area is 73.8 Å². The average molecular weight is 306 g/mol. The molecule has 2 atom stereocenters. The first-order valence-electron chi connectivity index (χ1n) is 1.96. The van der Waals surface area contributed by atoms with E-state index < -0.39 is 0 Å². The minimum atomic E-state index is -0.0955. The summed E-state index contributed by atoms with van der Waals surface area (Å²) < 4.78 is 0. The summed E-state index contributed by atoms with van der Waals surface area (Å²) in [6, 6.07) is 2.06. The first kappa shape index (κ1) is 8.93. The Bertz CT molecular complexity index is 97.9. The van der Waals surface area contributed by atoms with Crippen LogP contribution < -0.4 is 0 Å². The SMILES string of the molecule is N#CC(Br)C(Br)CBr. The number of alkyl halides is 3. The summed E-state index contributed by atoms with van der Waals surface area (Å²) in [4.78, 5) is 0.106. The third-order valence-corrected chi connectivity index (χ3v) is 4.56. The maximum absolute atomic E-state index is 8.29. The predicted octanol–water partition coefficient (Wildman–Crippen LogP) is 2.43. The summed E-state index contributed by atoms with van der Waals surface area (Å²) >= 11 is 9.68. The lowest BCUT2D eigenvalue weighted by Crippen LogP contribution is -2.12. The lowest BCUT2D eigenvalue weighted by atomic mass is 10.4. The number of hydrogen-bond donors (Lipinski definition) is 0. The van der Waals surface area contributed by atoms with E-state index in [1.807, 2.05) is 0 Å². The van der Waals surface area contributed by atoms with Crippen molar-refractivity contribution in [1.29, 1.82) is 5.26 Å². The van der Waals surface area contributed by atoms with E-state index in [0.717, 1.165) is 5.33 Å². The third kappa shape index (κ3) is 3.06. The number of nitriles is 1. The molecular formula is C4H4Br3N. The molecule has 0 aliphatic carbocycles. The van der Waals surface area contributed by atoms with Crippen LogP contribution in [0.3, 0.4) is 0 Å². The van der Waals surface area contributed by atoms with Gasteiger partial charge in [0.2, 0.25) is 0 Å². The van der Waals surface area contributed by atoms with Gasteiger partial charge in [-0.05, 0) is 0 Å². The van der Waals surface area contributed by atoms with Crippen LogP contribution in [0, 0.1) is 11.3 Å². The normalized spacial score (nSPS) is 16.8. The molecule has 0 saturated carbocycles. The van der Waals surface area contributed by atoms with E-state index in [4.69, 9.17) is 5.26 Å². The Hall–Kier alpha value is 0.930. The molecule has 0 bridgehead atoms. The topological polar surface area (TPSA) is 23.8 Å². The van der Waals surface area contributed by atoms with Gasteiger partial charge in [-0.3, -0.25) is 0 Å². The van der Waals surface area contributed by atoms with Crippen LogP contribution in [0.25, 0.3) is 0 Å². The molecule has 0 aromatic carbocycles. The van der Waals surface area contributed by atoms with Crippen molar-refractivity contribution in [2.24, 2.45) is 0 Å². The molecule has 0 spiro atoms. The van der Waals surface area contributed by atoms with E-state index in [1.54, 1.807) is 0 Å². The van der Waals surface area contributed by atoms with E-state index in [2.05, 4.69) is 53.9 Å². The summed E-state index contributed by atoms with van der Waals surface area (Å²) in [6.07, 6.45) is 0. The molecule has 0 saturated heterocycles. The molecule has 0 aromatic rings. The maximum atomic E-state index is 8.29. The van der Waals surface area contributed by atoms with Gasteiger partial charge in [-0.1, -0.05) is 47.8 Å². The smallest absolute Gasteiger partial charge is 0.115 e. The highest BCUT2D eigenvalue weighted by Gasteiger charge is 2.11. The second kappa shape index (κ2) is 4.78. The molecule has 0 heterocycles. The molecule has 0 rings (SSSR count). The van der Waals surface area contributed by atoms with Gasteiger partial charge in [-0.25, -0.2) is 0 Å². The fraction of sp³-hybridized carbons (Fsp3) is 0.750. The van der Waals surface area contributed by atoms with Crippen molar-refractivity contribution in [2.75, 3.05) is 5.33 Å². The highest BCUT2D eigenvalue weighted by atomic mass is 79.9. The predicted molar refractivity (Wildman–Crippen MR) is 44.8 cm³/mol. The van der Waals surface area contributed by atoms with Crippen molar-refractivity contribution >= 4 is 47.8 Å². The van der Waals surface area contributed by atoms with Crippen molar-refractivity contribution < 1.29 is 0 Å². The zero-order valence-electron chi connectivity index (χ0n) is 3.94. The molecule has 4 heteroatoms. The van der Waals surface area contributed by atoms with Crippen molar-refractivity contribution in [1.82, 2.24) is 0 Å². The van der Waals surface area contributed by atoms with Crippen LogP contribution in [-0.4, -0.2) is 15.0 Å². The van der Waals surface area contributed by atoms with Gasteiger partial charge in [0, 0.05) is 10.2 Å². The van der Waals surface area contributed by atoms with E-state index >= 15 is 0 Å². The molecule has 0 aromatic heterocycles. The quantitative estimate of drug-likeness (QED) is 0.719. The highest BCUT2D eigenvalue weighted by Crippen LogP contribution is 2.14. The van der Waals surface area contributed by atoms with Gasteiger partial charge in [0.25, 0.3) is 0 Å². The Morgan fingerprint density at radius 3 is 2.12 bits per heavy atom. The summed E-state index contributed by atoms with van der Waals surface area (Å²) in [5, 5.41) is 9.08. The Kier molecular flexibility index (Phi) is 5.33. The van der Waals surface area contributed by atoms with Gasteiger partial charge in [0.1, 0.15) is 4.83 Å². The van der Waals surface area contributed by atoms with Gasteiger partial charge in [-0.2, -0.15) is 5.26 Å². The van der Waals surface area contributed by atoms with Crippen LogP contribution in [-0.2, 0) is 0 Å². The Morgan fingerprint density at radius 2 is 2.00 bits per heavy atom. The lowest BCUT2D eigenvalue weighted by Gasteiger charge is -2.02. The average Bonchev–Trinajstić information content (AvgIpc) is 1.84. The Balaban J connectivity index is 3.49. The summed E-state index contributed by atoms with van der Waals surface area (Å²) in [5.74, 6) is 0. The van der Waals surface area contributed by atoms with Crippen LogP contribution in [0.4, 0.5) is 0 Å². The van der Waals surface area contributed by atoms with Gasteiger partial charge in [0.15, 0.2) is 0 Å². The molecular weight excluding hydrogens is 302 g/mol. The number of halogens is 3. The fourth-order valence-electron chi connectivity index (χ4n) is 0.159. The molecule has 2 unspecified atom stereocenters. The van der Waals surface area contributed by atoms with E-state index in [0.29, 0.717) is 0 Å². The van der Waals surface area contributed by atoms with Crippen molar-refractivity contribution in [2.45, 2.75) is 9.65 Å². The van der Waals surface area contributed by atoms with Crippen molar-refractivity contribution in [3.8, 4) is 6.07 Å². The van der Waals surface area contributed by atoms with Crippen LogP contribution >= 0.6 is 47.8 Å². The fourth-order valence-corrected chi connectivity index (χ4v) is 1.34. The van der Waals surface area contributed by atoms with E-state index in [1.165, 1.54) is 0 Å². The zero-order chi connectivity index (χ0) is 6.57. The molecule has 46 valence electrons. The van der Waals surface area contributed by atoms with Gasteiger partial charge < -0.3 is 0 Å². The molecule has 0 N–H and O–H groups in total. The summed E-state index contributed by atoms with van der Waals surface area (Å²) in [5.41, 5.74) is 0. The van der Waals surface area contributed by atoms with Crippen molar-refractivity contribution in [3.05, 3.63) is 0 Å². The monoisotopic (exact) mass is 303 g/mol. The standard InChI is InChI=1S/C4H4Br3N/c5-1-3(6)4(7)2-8/h3-4H,1H2. The molecule has 0 fully saturated rings. The van der Waals surface area contributed by atoms with Gasteiger partial charge >= 0.3 is 0 Å². The number of hydrogen-bond acceptors (Lipinski definition) is 1. The minimum Gasteiger partial charge on any atom is -0.197 e. The lowest BCUT2D eigenvalue weighted by molar-refractivity contribution is 1.06. The largest absolute Gasteiger partial charge is 0.197 e. The second-order valence-corrected chi connectivity index (χ2v) is 4.01. The highest BCUT2D eigenvalue weighted by molar-refractivity contribution is 9.13. The van der Waals surface area contributed by atoms with Gasteiger partial charge in [-0.15, -0.1) is 0 Å². The Morgan fingerprint density at radius 1 is 1.50 bits per heavy atom. The molecule has 8 heavy (non-hydrogen) atoms.